The summed E-state index contributed by atoms with van der Waals surface area (Å²) in [4.78, 5) is 13.2. The van der Waals surface area contributed by atoms with Crippen molar-refractivity contribution in [3.05, 3.63) is 64.1 Å². The van der Waals surface area contributed by atoms with E-state index >= 15 is 0 Å². The van der Waals surface area contributed by atoms with Crippen LogP contribution in [0.15, 0.2) is 53.6 Å². The maximum absolute atomic E-state index is 12.0. The molecule has 0 spiro atoms. The summed E-state index contributed by atoms with van der Waals surface area (Å²) < 4.78 is 0. The van der Waals surface area contributed by atoms with E-state index in [1.165, 1.54) is 4.80 Å². The van der Waals surface area contributed by atoms with E-state index in [2.05, 4.69) is 25.9 Å². The first-order valence-electron chi connectivity index (χ1n) is 7.65. The first-order chi connectivity index (χ1) is 12.5. The molecule has 0 unspecified atom stereocenters. The Hall–Kier alpha value is -2.77. The number of rotatable bonds is 5. The highest BCUT2D eigenvalue weighted by molar-refractivity contribution is 6.36. The first-order valence-corrected chi connectivity index (χ1v) is 8.40. The van der Waals surface area contributed by atoms with Crippen molar-refractivity contribution in [2.24, 2.45) is 5.10 Å². The van der Waals surface area contributed by atoms with Crippen molar-refractivity contribution in [1.29, 1.82) is 0 Å². The molecule has 132 valence electrons. The van der Waals surface area contributed by atoms with Crippen LogP contribution in [0.5, 0.6) is 0 Å². The Labute approximate surface area is 159 Å². The van der Waals surface area contributed by atoms with Gasteiger partial charge in [0.25, 0.3) is 5.91 Å². The monoisotopic (exact) mass is 388 g/mol. The molecule has 0 aliphatic rings. The molecule has 1 amide bonds. The summed E-state index contributed by atoms with van der Waals surface area (Å²) >= 11 is 12.1. The number of carbonyl (C=O) groups excluding carboxylic acids is 1. The molecule has 1 N–H and O–H groups in total. The molecule has 0 radical (unpaired) electrons. The number of carbonyl (C=O) groups is 1. The van der Waals surface area contributed by atoms with Crippen molar-refractivity contribution in [1.82, 2.24) is 25.6 Å². The highest BCUT2D eigenvalue weighted by Gasteiger charge is 2.10. The van der Waals surface area contributed by atoms with E-state index in [-0.39, 0.29) is 12.5 Å². The molecule has 0 atom stereocenters. The number of benzene rings is 2. The predicted octanol–water partition coefficient (Wildman–Crippen LogP) is 3.19. The Morgan fingerprint density at radius 2 is 1.96 bits per heavy atom. The number of amides is 1. The predicted molar refractivity (Wildman–Crippen MR) is 100 cm³/mol. The Kier molecular flexibility index (Phi) is 5.60. The van der Waals surface area contributed by atoms with Gasteiger partial charge in [-0.1, -0.05) is 53.5 Å². The lowest BCUT2D eigenvalue weighted by molar-refractivity contribution is -0.122. The zero-order chi connectivity index (χ0) is 18.5. The normalized spacial score (nSPS) is 11.4. The molecule has 0 saturated carbocycles. The zero-order valence-corrected chi connectivity index (χ0v) is 15.2. The third kappa shape index (κ3) is 4.44. The standard InChI is InChI=1S/C17H14Cl2N6O/c1-11(14-9-13(18)7-8-15(14)19)20-21-16(26)10-25-23-17(22-24-25)12-5-3-2-4-6-12/h2-9H,10H2,1H3,(H,21,26)/b20-11-. The fourth-order valence-electron chi connectivity index (χ4n) is 2.16. The van der Waals surface area contributed by atoms with Gasteiger partial charge in [-0.25, -0.2) is 5.43 Å². The van der Waals surface area contributed by atoms with E-state index in [0.29, 0.717) is 27.1 Å². The lowest BCUT2D eigenvalue weighted by Crippen LogP contribution is -2.25. The van der Waals surface area contributed by atoms with Gasteiger partial charge in [0.2, 0.25) is 5.82 Å². The first kappa shape index (κ1) is 18.0. The smallest absolute Gasteiger partial charge is 0.263 e. The fourth-order valence-corrected chi connectivity index (χ4v) is 2.58. The minimum Gasteiger partial charge on any atom is -0.271 e. The highest BCUT2D eigenvalue weighted by Crippen LogP contribution is 2.21. The molecular formula is C17H14Cl2N6O. The SMILES string of the molecule is C/C(=N/NC(=O)Cn1nnc(-c2ccccc2)n1)c1cc(Cl)ccc1Cl. The number of hydrazone groups is 1. The van der Waals surface area contributed by atoms with Gasteiger partial charge in [-0.3, -0.25) is 4.79 Å². The Balaban J connectivity index is 1.64. The van der Waals surface area contributed by atoms with Crippen molar-refractivity contribution >= 4 is 34.8 Å². The molecule has 1 aromatic heterocycles. The number of halogens is 2. The van der Waals surface area contributed by atoms with Crippen LogP contribution in [0.2, 0.25) is 10.0 Å². The topological polar surface area (TPSA) is 85.1 Å². The van der Waals surface area contributed by atoms with E-state index in [9.17, 15) is 4.79 Å². The highest BCUT2D eigenvalue weighted by atomic mass is 35.5. The quantitative estimate of drug-likeness (QED) is 0.537. The van der Waals surface area contributed by atoms with Gasteiger partial charge in [0.05, 0.1) is 5.71 Å². The van der Waals surface area contributed by atoms with Gasteiger partial charge in [-0.05, 0) is 30.3 Å². The molecule has 0 aliphatic heterocycles. The number of nitrogens with zero attached hydrogens (tertiary/aromatic N) is 5. The van der Waals surface area contributed by atoms with Gasteiger partial charge >= 0.3 is 0 Å². The summed E-state index contributed by atoms with van der Waals surface area (Å²) in [5.41, 5.74) is 4.44. The van der Waals surface area contributed by atoms with Crippen molar-refractivity contribution in [2.75, 3.05) is 0 Å². The summed E-state index contributed by atoms with van der Waals surface area (Å²) in [6.45, 7) is 1.61. The molecule has 2 aromatic carbocycles. The van der Waals surface area contributed by atoms with Gasteiger partial charge in [0.1, 0.15) is 6.54 Å². The van der Waals surface area contributed by atoms with E-state index in [1.54, 1.807) is 25.1 Å². The number of nitrogens with one attached hydrogen (secondary N) is 1. The second-order valence-corrected chi connectivity index (χ2v) is 6.21. The average molecular weight is 389 g/mol. The molecule has 7 nitrogen and oxygen atoms in total. The molecule has 26 heavy (non-hydrogen) atoms. The summed E-state index contributed by atoms with van der Waals surface area (Å²) in [5.74, 6) is 0.0586. The number of hydrogen-bond donors (Lipinski definition) is 1. The van der Waals surface area contributed by atoms with E-state index < -0.39 is 0 Å². The van der Waals surface area contributed by atoms with E-state index in [1.807, 2.05) is 30.3 Å². The molecular weight excluding hydrogens is 375 g/mol. The van der Waals surface area contributed by atoms with Crippen LogP contribution in [0.25, 0.3) is 11.4 Å². The lowest BCUT2D eigenvalue weighted by atomic mass is 10.1. The van der Waals surface area contributed by atoms with Crippen LogP contribution < -0.4 is 5.43 Å². The second-order valence-electron chi connectivity index (χ2n) is 5.37. The van der Waals surface area contributed by atoms with Crippen LogP contribution in [0.4, 0.5) is 0 Å². The summed E-state index contributed by atoms with van der Waals surface area (Å²) in [6.07, 6.45) is 0. The third-order valence-electron chi connectivity index (χ3n) is 3.44. The Bertz CT molecular complexity index is 955. The van der Waals surface area contributed by atoms with Gasteiger partial charge in [0.15, 0.2) is 0 Å². The maximum Gasteiger partial charge on any atom is 0.263 e. The van der Waals surface area contributed by atoms with Crippen molar-refractivity contribution in [3.8, 4) is 11.4 Å². The van der Waals surface area contributed by atoms with Crippen LogP contribution in [-0.2, 0) is 11.3 Å². The number of aromatic nitrogens is 4. The minimum atomic E-state index is -0.389. The number of hydrogen-bond acceptors (Lipinski definition) is 5. The van der Waals surface area contributed by atoms with Crippen LogP contribution in [-0.4, -0.2) is 31.8 Å². The molecule has 0 fully saturated rings. The molecule has 1 heterocycles. The molecule has 9 heteroatoms. The second kappa shape index (κ2) is 8.07. The lowest BCUT2D eigenvalue weighted by Gasteiger charge is -2.05. The van der Waals surface area contributed by atoms with Crippen LogP contribution in [0.3, 0.4) is 0 Å². The summed E-state index contributed by atoms with van der Waals surface area (Å²) in [7, 11) is 0. The summed E-state index contributed by atoms with van der Waals surface area (Å²) in [6, 6.07) is 14.4. The zero-order valence-electron chi connectivity index (χ0n) is 13.7. The maximum atomic E-state index is 12.0. The van der Waals surface area contributed by atoms with Gasteiger partial charge in [0, 0.05) is 21.2 Å². The largest absolute Gasteiger partial charge is 0.271 e. The van der Waals surface area contributed by atoms with Gasteiger partial charge in [-0.15, -0.1) is 10.2 Å². The average Bonchev–Trinajstić information content (AvgIpc) is 3.11. The Morgan fingerprint density at radius 3 is 2.73 bits per heavy atom. The molecule has 0 aliphatic carbocycles. The van der Waals surface area contributed by atoms with Crippen LogP contribution in [0, 0.1) is 0 Å². The third-order valence-corrected chi connectivity index (χ3v) is 4.00. The molecule has 3 aromatic rings. The summed E-state index contributed by atoms with van der Waals surface area (Å²) in [5, 5.41) is 17.1. The minimum absolute atomic E-state index is 0.111. The van der Waals surface area contributed by atoms with Gasteiger partial charge in [-0.2, -0.15) is 9.90 Å². The number of tetrazole rings is 1. The van der Waals surface area contributed by atoms with Gasteiger partial charge < -0.3 is 0 Å². The molecule has 0 bridgehead atoms. The van der Waals surface area contributed by atoms with E-state index in [0.717, 1.165) is 5.56 Å². The van der Waals surface area contributed by atoms with Crippen molar-refractivity contribution in [2.45, 2.75) is 13.5 Å². The van der Waals surface area contributed by atoms with E-state index in [4.69, 9.17) is 23.2 Å². The van der Waals surface area contributed by atoms with Crippen LogP contribution >= 0.6 is 23.2 Å². The fraction of sp³-hybridized carbons (Fsp3) is 0.118. The molecule has 0 saturated heterocycles. The Morgan fingerprint density at radius 1 is 1.19 bits per heavy atom. The van der Waals surface area contributed by atoms with Crippen molar-refractivity contribution in [3.63, 3.8) is 0 Å². The van der Waals surface area contributed by atoms with Crippen molar-refractivity contribution < 1.29 is 4.79 Å². The van der Waals surface area contributed by atoms with Crippen LogP contribution in [0.1, 0.15) is 12.5 Å². The molecule has 3 rings (SSSR count).